The molecule has 0 amide bonds. The number of carbonyl (C=O) groups is 1. The zero-order valence-corrected chi connectivity index (χ0v) is 19.6. The molecule has 0 saturated heterocycles. The van der Waals surface area contributed by atoms with E-state index in [1.807, 2.05) is 0 Å². The normalized spacial score (nSPS) is 13.7. The molecule has 0 aromatic carbocycles. The van der Waals surface area contributed by atoms with E-state index < -0.39 is 0 Å². The molecular weight excluding hydrogens is 344 g/mol. The van der Waals surface area contributed by atoms with Gasteiger partial charge >= 0.3 is 5.97 Å². The first-order valence-electron chi connectivity index (χ1n) is 12.4. The second kappa shape index (κ2) is 20.9. The average Bonchev–Trinajstić information content (AvgIpc) is 2.69. The van der Waals surface area contributed by atoms with Gasteiger partial charge in [0, 0.05) is 6.42 Å². The lowest BCUT2D eigenvalue weighted by Gasteiger charge is -2.15. The second-order valence-electron chi connectivity index (χ2n) is 8.87. The Balaban J connectivity index is 3.34. The third-order valence-electron chi connectivity index (χ3n) is 5.67. The predicted octanol–water partition coefficient (Wildman–Crippen LogP) is 8.64. The zero-order valence-electron chi connectivity index (χ0n) is 19.6. The summed E-state index contributed by atoms with van der Waals surface area (Å²) in [5.74, 6) is 1.20. The van der Waals surface area contributed by atoms with Crippen molar-refractivity contribution >= 4 is 5.97 Å². The number of ether oxygens (including phenoxy) is 1. The van der Waals surface area contributed by atoms with E-state index in [1.54, 1.807) is 0 Å². The number of hydrogen-bond acceptors (Lipinski definition) is 2. The lowest BCUT2D eigenvalue weighted by Crippen LogP contribution is -2.14. The second-order valence-corrected chi connectivity index (χ2v) is 8.87. The highest BCUT2D eigenvalue weighted by molar-refractivity contribution is 5.69. The first-order valence-corrected chi connectivity index (χ1v) is 12.4. The van der Waals surface area contributed by atoms with Gasteiger partial charge in [-0.25, -0.2) is 0 Å². The van der Waals surface area contributed by atoms with E-state index >= 15 is 0 Å². The summed E-state index contributed by atoms with van der Waals surface area (Å²) in [5, 5.41) is 0. The SMILES string of the molecule is CCCCCCCC/C=C\CCCCCCCC(=O)OC[C@@H](C)C[C@@H](C)CC. The van der Waals surface area contributed by atoms with Gasteiger partial charge in [0.05, 0.1) is 6.61 Å². The van der Waals surface area contributed by atoms with E-state index in [4.69, 9.17) is 4.74 Å². The Hall–Kier alpha value is -0.790. The van der Waals surface area contributed by atoms with Crippen LogP contribution in [0, 0.1) is 11.8 Å². The minimum absolute atomic E-state index is 0.00590. The van der Waals surface area contributed by atoms with Crippen molar-refractivity contribution < 1.29 is 9.53 Å². The van der Waals surface area contributed by atoms with Crippen molar-refractivity contribution in [2.75, 3.05) is 6.61 Å². The van der Waals surface area contributed by atoms with Gasteiger partial charge in [-0.3, -0.25) is 4.79 Å². The van der Waals surface area contributed by atoms with Crippen LogP contribution in [0.5, 0.6) is 0 Å². The van der Waals surface area contributed by atoms with Crippen molar-refractivity contribution in [1.29, 1.82) is 0 Å². The summed E-state index contributed by atoms with van der Waals surface area (Å²) in [6, 6.07) is 0. The van der Waals surface area contributed by atoms with Crippen molar-refractivity contribution in [3.8, 4) is 0 Å². The number of allylic oxidation sites excluding steroid dienone is 2. The van der Waals surface area contributed by atoms with Gasteiger partial charge in [-0.15, -0.1) is 0 Å². The maximum atomic E-state index is 11.8. The Bertz CT molecular complexity index is 361. The van der Waals surface area contributed by atoms with E-state index in [9.17, 15) is 4.79 Å². The summed E-state index contributed by atoms with van der Waals surface area (Å²) in [6.07, 6.45) is 24.4. The van der Waals surface area contributed by atoms with Gasteiger partial charge in [0.25, 0.3) is 0 Å². The van der Waals surface area contributed by atoms with Crippen molar-refractivity contribution in [3.63, 3.8) is 0 Å². The summed E-state index contributed by atoms with van der Waals surface area (Å²) >= 11 is 0. The maximum Gasteiger partial charge on any atom is 0.305 e. The van der Waals surface area contributed by atoms with E-state index in [1.165, 1.54) is 77.0 Å². The number of hydrogen-bond donors (Lipinski definition) is 0. The Morgan fingerprint density at radius 3 is 1.86 bits per heavy atom. The Morgan fingerprint density at radius 2 is 1.29 bits per heavy atom. The topological polar surface area (TPSA) is 26.3 Å². The third kappa shape index (κ3) is 20.0. The molecule has 0 unspecified atom stereocenters. The van der Waals surface area contributed by atoms with E-state index in [2.05, 4.69) is 39.8 Å². The summed E-state index contributed by atoms with van der Waals surface area (Å²) in [4.78, 5) is 11.8. The van der Waals surface area contributed by atoms with Gasteiger partial charge in [0.15, 0.2) is 0 Å². The molecule has 2 atom stereocenters. The molecule has 0 bridgehead atoms. The molecule has 0 spiro atoms. The van der Waals surface area contributed by atoms with Crippen LogP contribution in [0.2, 0.25) is 0 Å². The van der Waals surface area contributed by atoms with E-state index in [0.29, 0.717) is 18.9 Å². The lowest BCUT2D eigenvalue weighted by molar-refractivity contribution is -0.145. The molecule has 2 heteroatoms. The highest BCUT2D eigenvalue weighted by Crippen LogP contribution is 2.15. The molecule has 0 fully saturated rings. The highest BCUT2D eigenvalue weighted by atomic mass is 16.5. The lowest BCUT2D eigenvalue weighted by atomic mass is 9.96. The Labute approximate surface area is 176 Å². The van der Waals surface area contributed by atoms with Gasteiger partial charge in [-0.2, -0.15) is 0 Å². The van der Waals surface area contributed by atoms with Crippen LogP contribution in [0.25, 0.3) is 0 Å². The summed E-state index contributed by atoms with van der Waals surface area (Å²) in [7, 11) is 0. The first-order chi connectivity index (χ1) is 13.6. The molecule has 0 saturated carbocycles. The smallest absolute Gasteiger partial charge is 0.305 e. The van der Waals surface area contributed by atoms with Crippen LogP contribution in [-0.2, 0) is 9.53 Å². The van der Waals surface area contributed by atoms with Crippen molar-refractivity contribution in [1.82, 2.24) is 0 Å². The van der Waals surface area contributed by atoms with Gasteiger partial charge in [0.2, 0.25) is 0 Å². The fraction of sp³-hybridized carbons (Fsp3) is 0.885. The zero-order chi connectivity index (χ0) is 20.9. The van der Waals surface area contributed by atoms with Gasteiger partial charge in [-0.05, 0) is 50.4 Å². The van der Waals surface area contributed by atoms with E-state index in [0.717, 1.165) is 25.2 Å². The fourth-order valence-corrected chi connectivity index (χ4v) is 3.57. The summed E-state index contributed by atoms with van der Waals surface area (Å²) in [5.41, 5.74) is 0. The van der Waals surface area contributed by atoms with Crippen molar-refractivity contribution in [3.05, 3.63) is 12.2 Å². The molecule has 0 aliphatic rings. The number of rotatable bonds is 20. The molecule has 0 aromatic heterocycles. The molecule has 0 radical (unpaired) electrons. The molecule has 0 aromatic rings. The van der Waals surface area contributed by atoms with E-state index in [-0.39, 0.29) is 5.97 Å². The average molecular weight is 395 g/mol. The highest BCUT2D eigenvalue weighted by Gasteiger charge is 2.10. The van der Waals surface area contributed by atoms with Crippen molar-refractivity contribution in [2.24, 2.45) is 11.8 Å². The molecule has 0 aliphatic carbocycles. The number of unbranched alkanes of at least 4 members (excludes halogenated alkanes) is 11. The fourth-order valence-electron chi connectivity index (χ4n) is 3.57. The van der Waals surface area contributed by atoms with Crippen LogP contribution >= 0.6 is 0 Å². The Morgan fingerprint density at radius 1 is 0.750 bits per heavy atom. The van der Waals surface area contributed by atoms with Crippen LogP contribution in [0.1, 0.15) is 130 Å². The Kier molecular flexibility index (Phi) is 20.3. The standard InChI is InChI=1S/C26H50O2/c1-5-7-8-9-10-11-12-13-14-15-16-17-18-19-20-21-26(27)28-23-25(4)22-24(3)6-2/h13-14,24-25H,5-12,15-23H2,1-4H3/b14-13-/t24-,25-/m0/s1. The molecule has 0 heterocycles. The minimum atomic E-state index is -0.00590. The number of carbonyl (C=O) groups excluding carboxylic acids is 1. The van der Waals surface area contributed by atoms with Gasteiger partial charge in [-0.1, -0.05) is 97.6 Å². The number of esters is 1. The molecule has 166 valence electrons. The molecule has 28 heavy (non-hydrogen) atoms. The van der Waals surface area contributed by atoms with Crippen LogP contribution in [0.4, 0.5) is 0 Å². The molecular formula is C26H50O2. The monoisotopic (exact) mass is 394 g/mol. The molecule has 0 aliphatic heterocycles. The van der Waals surface area contributed by atoms with Crippen LogP contribution in [0.15, 0.2) is 12.2 Å². The van der Waals surface area contributed by atoms with Crippen LogP contribution in [0.3, 0.4) is 0 Å². The molecule has 0 N–H and O–H groups in total. The quantitative estimate of drug-likeness (QED) is 0.117. The van der Waals surface area contributed by atoms with Gasteiger partial charge < -0.3 is 4.74 Å². The van der Waals surface area contributed by atoms with Crippen LogP contribution in [-0.4, -0.2) is 12.6 Å². The minimum Gasteiger partial charge on any atom is -0.465 e. The van der Waals surface area contributed by atoms with Crippen LogP contribution < -0.4 is 0 Å². The van der Waals surface area contributed by atoms with Crippen molar-refractivity contribution in [2.45, 2.75) is 130 Å². The largest absolute Gasteiger partial charge is 0.465 e. The summed E-state index contributed by atoms with van der Waals surface area (Å²) in [6.45, 7) is 9.53. The first kappa shape index (κ1) is 27.2. The molecule has 0 rings (SSSR count). The third-order valence-corrected chi connectivity index (χ3v) is 5.67. The molecule has 2 nitrogen and oxygen atoms in total. The van der Waals surface area contributed by atoms with Gasteiger partial charge in [0.1, 0.15) is 0 Å². The summed E-state index contributed by atoms with van der Waals surface area (Å²) < 4.78 is 5.42. The predicted molar refractivity (Wildman–Crippen MR) is 124 cm³/mol. The maximum absolute atomic E-state index is 11.8.